The molecule has 0 radical (unpaired) electrons. The van der Waals surface area contributed by atoms with Crippen LogP contribution in [0, 0.1) is 5.92 Å². The van der Waals surface area contributed by atoms with Crippen LogP contribution in [0.5, 0.6) is 0 Å². The normalized spacial score (nSPS) is 25.1. The predicted octanol–water partition coefficient (Wildman–Crippen LogP) is 1.80. The lowest BCUT2D eigenvalue weighted by atomic mass is 9.89. The molecule has 4 N–H and O–H groups in total. The fraction of sp³-hybridized carbons (Fsp3) is 0.400. The lowest BCUT2D eigenvalue weighted by Crippen LogP contribution is -2.49. The fourth-order valence-electron chi connectivity index (χ4n) is 3.86. The molecule has 4 rings (SSSR count). The molecule has 144 valence electrons. The molecule has 1 amide bonds. The number of aromatic nitrogens is 1. The lowest BCUT2D eigenvalue weighted by Gasteiger charge is -2.28. The van der Waals surface area contributed by atoms with E-state index in [9.17, 15) is 4.79 Å². The zero-order chi connectivity index (χ0) is 17.9. The van der Waals surface area contributed by atoms with Gasteiger partial charge in [0.05, 0.1) is 6.04 Å². The number of pyridine rings is 1. The highest BCUT2D eigenvalue weighted by Crippen LogP contribution is 2.23. The second-order valence-corrected chi connectivity index (χ2v) is 7.12. The van der Waals surface area contributed by atoms with Crippen molar-refractivity contribution in [3.63, 3.8) is 0 Å². The zero-order valence-corrected chi connectivity index (χ0v) is 16.1. The molecule has 3 heterocycles. The molecule has 0 spiro atoms. The molecular formula is C20H26ClN5O. The number of hydrazine groups is 1. The number of rotatable bonds is 4. The molecular weight excluding hydrogens is 362 g/mol. The number of hydrogen-bond acceptors (Lipinski definition) is 5. The minimum absolute atomic E-state index is 0. The standard InChI is InChI=1S/C20H25N5O.ClH/c1-13(14-4-6-15(7-5-14)16-3-2-9-21-11-16)23-20(26)19-17-12-22-10-8-18(17)24-25-19;/h2-7,9,11,13,17-19,22,24-25H,8,10,12H2,1H3,(H,23,26);1H. The SMILES string of the molecule is CC(NC(=O)C1NNC2CCNCC21)c1ccc(-c2cccnc2)cc1.Cl. The molecule has 2 aromatic rings. The largest absolute Gasteiger partial charge is 0.348 e. The Balaban J connectivity index is 0.00000210. The van der Waals surface area contributed by atoms with Crippen molar-refractivity contribution in [2.24, 2.45) is 5.92 Å². The minimum Gasteiger partial charge on any atom is -0.348 e. The maximum Gasteiger partial charge on any atom is 0.239 e. The van der Waals surface area contributed by atoms with Crippen molar-refractivity contribution in [1.82, 2.24) is 26.5 Å². The summed E-state index contributed by atoms with van der Waals surface area (Å²) >= 11 is 0. The van der Waals surface area contributed by atoms with Crippen molar-refractivity contribution < 1.29 is 4.79 Å². The van der Waals surface area contributed by atoms with Gasteiger partial charge in [0.2, 0.25) is 5.91 Å². The van der Waals surface area contributed by atoms with E-state index < -0.39 is 0 Å². The van der Waals surface area contributed by atoms with Crippen LogP contribution in [-0.4, -0.2) is 36.1 Å². The number of carbonyl (C=O) groups excluding carboxylic acids is 1. The highest BCUT2D eigenvalue weighted by Gasteiger charge is 2.41. The summed E-state index contributed by atoms with van der Waals surface area (Å²) in [5.41, 5.74) is 9.75. The van der Waals surface area contributed by atoms with Crippen molar-refractivity contribution in [1.29, 1.82) is 0 Å². The van der Waals surface area contributed by atoms with Gasteiger partial charge in [-0.2, -0.15) is 0 Å². The van der Waals surface area contributed by atoms with Gasteiger partial charge in [0.1, 0.15) is 6.04 Å². The number of halogens is 1. The molecule has 0 bridgehead atoms. The van der Waals surface area contributed by atoms with E-state index in [1.54, 1.807) is 6.20 Å². The maximum absolute atomic E-state index is 12.7. The van der Waals surface area contributed by atoms with Crippen LogP contribution in [0.1, 0.15) is 24.9 Å². The number of hydrogen-bond donors (Lipinski definition) is 4. The van der Waals surface area contributed by atoms with Crippen LogP contribution in [0.2, 0.25) is 0 Å². The van der Waals surface area contributed by atoms with E-state index >= 15 is 0 Å². The summed E-state index contributed by atoms with van der Waals surface area (Å²) < 4.78 is 0. The molecule has 4 unspecified atom stereocenters. The first-order chi connectivity index (χ1) is 12.7. The highest BCUT2D eigenvalue weighted by molar-refractivity contribution is 5.85. The van der Waals surface area contributed by atoms with Crippen LogP contribution < -0.4 is 21.5 Å². The number of benzene rings is 1. The third-order valence-corrected chi connectivity index (χ3v) is 5.43. The van der Waals surface area contributed by atoms with E-state index in [1.165, 1.54) is 0 Å². The number of piperidine rings is 1. The Kier molecular flexibility index (Phi) is 6.44. The molecule has 27 heavy (non-hydrogen) atoms. The summed E-state index contributed by atoms with van der Waals surface area (Å²) in [6, 6.07) is 12.4. The second-order valence-electron chi connectivity index (χ2n) is 7.12. The molecule has 2 saturated heterocycles. The molecule has 6 nitrogen and oxygen atoms in total. The van der Waals surface area contributed by atoms with E-state index in [4.69, 9.17) is 0 Å². The Morgan fingerprint density at radius 1 is 1.19 bits per heavy atom. The van der Waals surface area contributed by atoms with E-state index in [2.05, 4.69) is 50.7 Å². The number of carbonyl (C=O) groups is 1. The second kappa shape index (κ2) is 8.80. The van der Waals surface area contributed by atoms with Crippen LogP contribution in [0.15, 0.2) is 48.8 Å². The van der Waals surface area contributed by atoms with Crippen LogP contribution in [0.4, 0.5) is 0 Å². The average Bonchev–Trinajstić information content (AvgIpc) is 3.13. The number of nitrogens with zero attached hydrogens (tertiary/aromatic N) is 1. The van der Waals surface area contributed by atoms with Gasteiger partial charge in [-0.05, 0) is 42.6 Å². The fourth-order valence-corrected chi connectivity index (χ4v) is 3.86. The summed E-state index contributed by atoms with van der Waals surface area (Å²) in [5, 5.41) is 6.53. The van der Waals surface area contributed by atoms with Crippen LogP contribution >= 0.6 is 12.4 Å². The minimum atomic E-state index is -0.190. The molecule has 1 aromatic carbocycles. The Morgan fingerprint density at radius 3 is 2.74 bits per heavy atom. The first-order valence-corrected chi connectivity index (χ1v) is 9.25. The van der Waals surface area contributed by atoms with Gasteiger partial charge in [0, 0.05) is 30.9 Å². The third kappa shape index (κ3) is 4.30. The van der Waals surface area contributed by atoms with Gasteiger partial charge in [-0.15, -0.1) is 12.4 Å². The molecule has 1 aromatic heterocycles. The predicted molar refractivity (Wildman–Crippen MR) is 108 cm³/mol. The zero-order valence-electron chi connectivity index (χ0n) is 15.3. The maximum atomic E-state index is 12.7. The van der Waals surface area contributed by atoms with Crippen molar-refractivity contribution in [2.45, 2.75) is 31.5 Å². The van der Waals surface area contributed by atoms with Gasteiger partial charge in [-0.1, -0.05) is 30.3 Å². The van der Waals surface area contributed by atoms with Gasteiger partial charge in [-0.3, -0.25) is 15.2 Å². The molecule has 0 saturated carbocycles. The number of nitrogens with one attached hydrogen (secondary N) is 4. The Hall–Kier alpha value is -1.99. The summed E-state index contributed by atoms with van der Waals surface area (Å²) in [6.07, 6.45) is 4.67. The van der Waals surface area contributed by atoms with E-state index in [1.807, 2.05) is 25.3 Å². The van der Waals surface area contributed by atoms with Gasteiger partial charge >= 0.3 is 0 Å². The van der Waals surface area contributed by atoms with E-state index in [0.29, 0.717) is 12.0 Å². The van der Waals surface area contributed by atoms with E-state index in [0.717, 1.165) is 36.2 Å². The topological polar surface area (TPSA) is 78.1 Å². The smallest absolute Gasteiger partial charge is 0.239 e. The Bertz CT molecular complexity index is 755. The van der Waals surface area contributed by atoms with Gasteiger partial charge in [0.25, 0.3) is 0 Å². The molecule has 7 heteroatoms. The third-order valence-electron chi connectivity index (χ3n) is 5.43. The average molecular weight is 388 g/mol. The first-order valence-electron chi connectivity index (χ1n) is 9.25. The summed E-state index contributed by atoms with van der Waals surface area (Å²) in [6.45, 7) is 3.90. The quantitative estimate of drug-likeness (QED) is 0.643. The number of fused-ring (bicyclic) bond motifs is 1. The van der Waals surface area contributed by atoms with Crippen molar-refractivity contribution >= 4 is 18.3 Å². The van der Waals surface area contributed by atoms with Gasteiger partial charge in [0.15, 0.2) is 0 Å². The lowest BCUT2D eigenvalue weighted by molar-refractivity contribution is -0.124. The monoisotopic (exact) mass is 387 g/mol. The van der Waals surface area contributed by atoms with Gasteiger partial charge < -0.3 is 10.6 Å². The van der Waals surface area contributed by atoms with Crippen molar-refractivity contribution in [3.05, 3.63) is 54.4 Å². The van der Waals surface area contributed by atoms with Crippen LogP contribution in [0.3, 0.4) is 0 Å². The molecule has 2 aliphatic heterocycles. The Labute approximate surface area is 165 Å². The summed E-state index contributed by atoms with van der Waals surface area (Å²) in [5.74, 6) is 0.349. The number of amides is 1. The molecule has 2 aliphatic rings. The molecule has 0 aliphatic carbocycles. The molecule has 4 atom stereocenters. The summed E-state index contributed by atoms with van der Waals surface area (Å²) in [7, 11) is 0. The van der Waals surface area contributed by atoms with Crippen molar-refractivity contribution in [3.8, 4) is 11.1 Å². The van der Waals surface area contributed by atoms with Crippen LogP contribution in [0.25, 0.3) is 11.1 Å². The van der Waals surface area contributed by atoms with Gasteiger partial charge in [-0.25, -0.2) is 5.43 Å². The first kappa shape index (κ1) is 19.8. The van der Waals surface area contributed by atoms with E-state index in [-0.39, 0.29) is 30.4 Å². The van der Waals surface area contributed by atoms with Crippen LogP contribution in [-0.2, 0) is 4.79 Å². The Morgan fingerprint density at radius 2 is 2.00 bits per heavy atom. The van der Waals surface area contributed by atoms with Crippen molar-refractivity contribution in [2.75, 3.05) is 13.1 Å². The summed E-state index contributed by atoms with van der Waals surface area (Å²) in [4.78, 5) is 16.9. The molecule has 2 fully saturated rings. The highest BCUT2D eigenvalue weighted by atomic mass is 35.5.